The van der Waals surface area contributed by atoms with Crippen LogP contribution in [0.5, 0.6) is 0 Å². The van der Waals surface area contributed by atoms with Crippen LogP contribution < -0.4 is 4.90 Å². The Morgan fingerprint density at radius 1 is 1.47 bits per heavy atom. The normalized spacial score (nSPS) is 11.2. The van der Waals surface area contributed by atoms with E-state index in [1.165, 1.54) is 0 Å². The molecule has 98 valence electrons. The number of aliphatic hydroxyl groups is 1. The minimum Gasteiger partial charge on any atom is -0.391 e. The lowest BCUT2D eigenvalue weighted by Gasteiger charge is -2.16. The lowest BCUT2D eigenvalue weighted by atomic mass is 10.3. The Morgan fingerprint density at radius 2 is 2.18 bits per heavy atom. The zero-order chi connectivity index (χ0) is 12.8. The van der Waals surface area contributed by atoms with Crippen molar-refractivity contribution < 1.29 is 9.84 Å². The molecule has 1 aromatic heterocycles. The fourth-order valence-electron chi connectivity index (χ4n) is 1.45. The van der Waals surface area contributed by atoms with Gasteiger partial charge in [0, 0.05) is 13.6 Å². The number of likely N-dealkylation sites (N-methyl/N-ethyl adjacent to an activating group) is 1. The van der Waals surface area contributed by atoms with Gasteiger partial charge in [-0.15, -0.1) is 0 Å². The van der Waals surface area contributed by atoms with Crippen molar-refractivity contribution in [3.05, 3.63) is 10.6 Å². The SMILES string of the molecule is CCc1nc(N(C)CCOC(C)C)sc1CO. The summed E-state index contributed by atoms with van der Waals surface area (Å²) in [4.78, 5) is 7.57. The van der Waals surface area contributed by atoms with Crippen LogP contribution in [0.15, 0.2) is 0 Å². The number of aryl methyl sites for hydroxylation is 1. The molecule has 1 aromatic rings. The molecule has 0 amide bonds. The average molecular weight is 258 g/mol. The molecule has 0 aliphatic rings. The summed E-state index contributed by atoms with van der Waals surface area (Å²) in [6.45, 7) is 7.71. The molecule has 0 fully saturated rings. The van der Waals surface area contributed by atoms with E-state index in [4.69, 9.17) is 4.74 Å². The van der Waals surface area contributed by atoms with Crippen molar-refractivity contribution >= 4 is 16.5 Å². The number of ether oxygens (including phenoxy) is 1. The van der Waals surface area contributed by atoms with Crippen molar-refractivity contribution in [1.29, 1.82) is 0 Å². The maximum atomic E-state index is 9.22. The molecule has 0 aromatic carbocycles. The van der Waals surface area contributed by atoms with Gasteiger partial charge in [0.25, 0.3) is 0 Å². The van der Waals surface area contributed by atoms with Gasteiger partial charge in [-0.05, 0) is 20.3 Å². The highest BCUT2D eigenvalue weighted by Gasteiger charge is 2.12. The van der Waals surface area contributed by atoms with Gasteiger partial charge < -0.3 is 14.7 Å². The third kappa shape index (κ3) is 4.26. The van der Waals surface area contributed by atoms with E-state index in [0.29, 0.717) is 6.61 Å². The van der Waals surface area contributed by atoms with Gasteiger partial charge in [0.1, 0.15) is 0 Å². The van der Waals surface area contributed by atoms with Crippen LogP contribution in [-0.4, -0.2) is 36.4 Å². The van der Waals surface area contributed by atoms with Crippen molar-refractivity contribution in [1.82, 2.24) is 4.98 Å². The van der Waals surface area contributed by atoms with Gasteiger partial charge in [-0.1, -0.05) is 18.3 Å². The predicted molar refractivity (Wildman–Crippen MR) is 71.8 cm³/mol. The summed E-state index contributed by atoms with van der Waals surface area (Å²) in [5.74, 6) is 0. The lowest BCUT2D eigenvalue weighted by molar-refractivity contribution is 0.0846. The fraction of sp³-hybridized carbons (Fsp3) is 0.750. The Bertz CT molecular complexity index is 318. The number of aliphatic hydroxyl groups excluding tert-OH is 1. The van der Waals surface area contributed by atoms with Gasteiger partial charge in [-0.25, -0.2) is 4.98 Å². The van der Waals surface area contributed by atoms with Crippen LogP contribution in [0.25, 0.3) is 0 Å². The first-order valence-electron chi connectivity index (χ1n) is 6.00. The summed E-state index contributed by atoms with van der Waals surface area (Å²) in [5.41, 5.74) is 1.00. The van der Waals surface area contributed by atoms with Gasteiger partial charge in [0.2, 0.25) is 0 Å². The highest BCUT2D eigenvalue weighted by molar-refractivity contribution is 7.15. The fourth-order valence-corrected chi connectivity index (χ4v) is 2.45. The average Bonchev–Trinajstić information content (AvgIpc) is 2.71. The molecule has 0 saturated heterocycles. The lowest BCUT2D eigenvalue weighted by Crippen LogP contribution is -2.23. The number of nitrogens with zero attached hydrogens (tertiary/aromatic N) is 2. The third-order valence-electron chi connectivity index (χ3n) is 2.45. The zero-order valence-corrected chi connectivity index (χ0v) is 11.9. The molecule has 0 saturated carbocycles. The first-order chi connectivity index (χ1) is 8.08. The van der Waals surface area contributed by atoms with Crippen molar-refractivity contribution in [2.24, 2.45) is 0 Å². The number of rotatable bonds is 7. The van der Waals surface area contributed by atoms with E-state index in [9.17, 15) is 5.11 Å². The molecular formula is C12H22N2O2S. The number of anilines is 1. The summed E-state index contributed by atoms with van der Waals surface area (Å²) in [5, 5.41) is 10.2. The van der Waals surface area contributed by atoms with Crippen LogP contribution in [0, 0.1) is 0 Å². The summed E-state index contributed by atoms with van der Waals surface area (Å²) in [6.07, 6.45) is 1.13. The largest absolute Gasteiger partial charge is 0.391 e. The van der Waals surface area contributed by atoms with Crippen LogP contribution in [0.3, 0.4) is 0 Å². The molecule has 0 radical (unpaired) electrons. The number of hydrogen-bond acceptors (Lipinski definition) is 5. The minimum atomic E-state index is 0.0805. The first kappa shape index (κ1) is 14.4. The molecule has 0 spiro atoms. The van der Waals surface area contributed by atoms with Gasteiger partial charge >= 0.3 is 0 Å². The maximum absolute atomic E-state index is 9.22. The second kappa shape index (κ2) is 6.93. The quantitative estimate of drug-likeness (QED) is 0.813. The molecule has 0 bridgehead atoms. The third-order valence-corrected chi connectivity index (χ3v) is 3.65. The Balaban J connectivity index is 2.56. The highest BCUT2D eigenvalue weighted by Crippen LogP contribution is 2.25. The Morgan fingerprint density at radius 3 is 2.65 bits per heavy atom. The van der Waals surface area contributed by atoms with Crippen LogP contribution >= 0.6 is 11.3 Å². The summed E-state index contributed by atoms with van der Waals surface area (Å²) >= 11 is 1.56. The Kier molecular flexibility index (Phi) is 5.88. The van der Waals surface area contributed by atoms with Crippen molar-refractivity contribution in [3.8, 4) is 0 Å². The van der Waals surface area contributed by atoms with Crippen LogP contribution in [0.1, 0.15) is 31.3 Å². The van der Waals surface area contributed by atoms with Crippen molar-refractivity contribution in [2.75, 3.05) is 25.1 Å². The van der Waals surface area contributed by atoms with Gasteiger partial charge in [-0.3, -0.25) is 0 Å². The number of hydrogen-bond donors (Lipinski definition) is 1. The van der Waals surface area contributed by atoms with Crippen LogP contribution in [-0.2, 0) is 17.8 Å². The standard InChI is InChI=1S/C12H22N2O2S/c1-5-10-11(8-15)17-12(13-10)14(4)6-7-16-9(2)3/h9,15H,5-8H2,1-4H3. The van der Waals surface area contributed by atoms with Gasteiger partial charge in [0.15, 0.2) is 5.13 Å². The van der Waals surface area contributed by atoms with Crippen molar-refractivity contribution in [2.45, 2.75) is 39.9 Å². The topological polar surface area (TPSA) is 45.6 Å². The smallest absolute Gasteiger partial charge is 0.185 e. The molecule has 0 aliphatic heterocycles. The molecule has 1 N–H and O–H groups in total. The van der Waals surface area contributed by atoms with E-state index in [2.05, 4.69) is 16.8 Å². The molecule has 0 aliphatic carbocycles. The maximum Gasteiger partial charge on any atom is 0.185 e. The zero-order valence-electron chi connectivity index (χ0n) is 11.1. The summed E-state index contributed by atoms with van der Waals surface area (Å²) in [6, 6.07) is 0. The molecule has 4 nitrogen and oxygen atoms in total. The van der Waals surface area contributed by atoms with Gasteiger partial charge in [0.05, 0.1) is 29.9 Å². The molecule has 0 unspecified atom stereocenters. The molecule has 1 heterocycles. The van der Waals surface area contributed by atoms with E-state index in [-0.39, 0.29) is 12.7 Å². The summed E-state index contributed by atoms with van der Waals surface area (Å²) in [7, 11) is 2.00. The molecule has 5 heteroatoms. The number of thiazole rings is 1. The number of aromatic nitrogens is 1. The second-order valence-corrected chi connectivity index (χ2v) is 5.28. The predicted octanol–water partition coefficient (Wildman–Crippen LogP) is 2.06. The van der Waals surface area contributed by atoms with Crippen LogP contribution in [0.4, 0.5) is 5.13 Å². The van der Waals surface area contributed by atoms with E-state index >= 15 is 0 Å². The summed E-state index contributed by atoms with van der Waals surface area (Å²) < 4.78 is 5.51. The Labute approximate surface area is 107 Å². The highest BCUT2D eigenvalue weighted by atomic mass is 32.1. The van der Waals surface area contributed by atoms with Crippen molar-refractivity contribution in [3.63, 3.8) is 0 Å². The molecule has 17 heavy (non-hydrogen) atoms. The van der Waals surface area contributed by atoms with E-state index in [1.807, 2.05) is 20.9 Å². The second-order valence-electron chi connectivity index (χ2n) is 4.22. The first-order valence-corrected chi connectivity index (χ1v) is 6.82. The van der Waals surface area contributed by atoms with E-state index < -0.39 is 0 Å². The van der Waals surface area contributed by atoms with Gasteiger partial charge in [-0.2, -0.15) is 0 Å². The minimum absolute atomic E-state index is 0.0805. The Hall–Kier alpha value is -0.650. The molecular weight excluding hydrogens is 236 g/mol. The van der Waals surface area contributed by atoms with E-state index in [0.717, 1.165) is 28.7 Å². The molecule has 0 atom stereocenters. The van der Waals surface area contributed by atoms with Crippen LogP contribution in [0.2, 0.25) is 0 Å². The molecule has 1 rings (SSSR count). The van der Waals surface area contributed by atoms with E-state index in [1.54, 1.807) is 11.3 Å². The monoisotopic (exact) mass is 258 g/mol.